The molecule has 1 aliphatic heterocycles. The molecule has 1 heterocycles. The molecule has 0 radical (unpaired) electrons. The number of ether oxygens (including phenoxy) is 1. The van der Waals surface area contributed by atoms with Gasteiger partial charge in [0, 0.05) is 18.1 Å². The number of halogens is 1. The molecular formula is C20H17ClN2O5. The van der Waals surface area contributed by atoms with E-state index < -0.39 is 30.3 Å². The van der Waals surface area contributed by atoms with Crippen molar-refractivity contribution in [3.63, 3.8) is 0 Å². The molecule has 3 amide bonds. The molecule has 28 heavy (non-hydrogen) atoms. The van der Waals surface area contributed by atoms with Crippen molar-refractivity contribution >= 4 is 35.3 Å². The lowest BCUT2D eigenvalue weighted by atomic mass is 10.1. The molecule has 0 bridgehead atoms. The van der Waals surface area contributed by atoms with Crippen LogP contribution in [0, 0.1) is 0 Å². The summed E-state index contributed by atoms with van der Waals surface area (Å²) in [5.74, 6) is -2.01. The molecule has 0 saturated carbocycles. The Morgan fingerprint density at radius 2 is 1.68 bits per heavy atom. The van der Waals surface area contributed by atoms with Crippen LogP contribution in [0.1, 0.15) is 32.7 Å². The van der Waals surface area contributed by atoms with Crippen molar-refractivity contribution in [1.29, 1.82) is 0 Å². The maximum atomic E-state index is 12.2. The van der Waals surface area contributed by atoms with Crippen LogP contribution in [0.4, 0.5) is 0 Å². The standard InChI is InChI=1S/C20H17ClN2O5/c21-14-5-3-4-13(10-14)11-22-17(24)12-28-18(25)8-9-23-19(26)15-6-1-2-7-16(15)20(23)27/h1-7,10H,8-9,11-12H2,(H,22,24). The number of hydrogen-bond acceptors (Lipinski definition) is 5. The fraction of sp³-hybridized carbons (Fsp3) is 0.200. The molecule has 2 aromatic carbocycles. The number of nitrogens with one attached hydrogen (secondary N) is 1. The molecule has 0 unspecified atom stereocenters. The van der Waals surface area contributed by atoms with Crippen LogP contribution >= 0.6 is 11.6 Å². The summed E-state index contributed by atoms with van der Waals surface area (Å²) >= 11 is 5.87. The number of benzene rings is 2. The highest BCUT2D eigenvalue weighted by atomic mass is 35.5. The number of rotatable bonds is 7. The maximum Gasteiger partial charge on any atom is 0.308 e. The van der Waals surface area contributed by atoms with E-state index in [1.165, 1.54) is 0 Å². The minimum Gasteiger partial charge on any atom is -0.456 e. The van der Waals surface area contributed by atoms with Crippen LogP contribution in [-0.2, 0) is 20.9 Å². The first-order valence-electron chi connectivity index (χ1n) is 8.57. The van der Waals surface area contributed by atoms with E-state index in [1.54, 1.807) is 48.5 Å². The van der Waals surface area contributed by atoms with Gasteiger partial charge in [0.2, 0.25) is 0 Å². The van der Waals surface area contributed by atoms with Gasteiger partial charge in [-0.3, -0.25) is 24.1 Å². The summed E-state index contributed by atoms with van der Waals surface area (Å²) in [7, 11) is 0. The number of carbonyl (C=O) groups excluding carboxylic acids is 4. The second kappa shape index (κ2) is 8.67. The van der Waals surface area contributed by atoms with Gasteiger partial charge >= 0.3 is 5.97 Å². The van der Waals surface area contributed by atoms with Gasteiger partial charge in [0.05, 0.1) is 17.5 Å². The van der Waals surface area contributed by atoms with E-state index in [9.17, 15) is 19.2 Å². The summed E-state index contributed by atoms with van der Waals surface area (Å²) in [6, 6.07) is 13.5. The predicted molar refractivity (Wildman–Crippen MR) is 101 cm³/mol. The first-order valence-corrected chi connectivity index (χ1v) is 8.95. The van der Waals surface area contributed by atoms with Crippen molar-refractivity contribution < 1.29 is 23.9 Å². The van der Waals surface area contributed by atoms with Gasteiger partial charge in [0.1, 0.15) is 0 Å². The van der Waals surface area contributed by atoms with Gasteiger partial charge in [-0.25, -0.2) is 0 Å². The summed E-state index contributed by atoms with van der Waals surface area (Å²) in [4.78, 5) is 49.0. The van der Waals surface area contributed by atoms with Gasteiger partial charge in [-0.15, -0.1) is 0 Å². The second-order valence-electron chi connectivity index (χ2n) is 6.12. The van der Waals surface area contributed by atoms with E-state index in [1.807, 2.05) is 0 Å². The van der Waals surface area contributed by atoms with Gasteiger partial charge in [0.15, 0.2) is 6.61 Å². The minimum atomic E-state index is -0.672. The molecule has 8 heteroatoms. The van der Waals surface area contributed by atoms with Gasteiger partial charge in [-0.1, -0.05) is 35.9 Å². The third-order valence-electron chi connectivity index (χ3n) is 4.16. The molecule has 144 valence electrons. The van der Waals surface area contributed by atoms with Crippen molar-refractivity contribution in [3.05, 3.63) is 70.2 Å². The lowest BCUT2D eigenvalue weighted by molar-refractivity contribution is -0.148. The van der Waals surface area contributed by atoms with E-state index in [-0.39, 0.29) is 19.5 Å². The zero-order valence-corrected chi connectivity index (χ0v) is 15.6. The van der Waals surface area contributed by atoms with Crippen molar-refractivity contribution in [1.82, 2.24) is 10.2 Å². The fourth-order valence-corrected chi connectivity index (χ4v) is 2.98. The van der Waals surface area contributed by atoms with Gasteiger partial charge in [0.25, 0.3) is 17.7 Å². The molecule has 2 aromatic rings. The number of hydrogen-bond donors (Lipinski definition) is 1. The number of nitrogens with zero attached hydrogens (tertiary/aromatic N) is 1. The summed E-state index contributed by atoms with van der Waals surface area (Å²) < 4.78 is 4.90. The maximum absolute atomic E-state index is 12.2. The molecule has 0 saturated heterocycles. The minimum absolute atomic E-state index is 0.102. The van der Waals surface area contributed by atoms with Crippen molar-refractivity contribution in [2.45, 2.75) is 13.0 Å². The zero-order chi connectivity index (χ0) is 20.1. The normalized spacial score (nSPS) is 12.7. The molecule has 0 atom stereocenters. The zero-order valence-electron chi connectivity index (χ0n) is 14.8. The molecule has 0 aromatic heterocycles. The molecule has 0 aliphatic carbocycles. The Hall–Kier alpha value is -3.19. The van der Waals surface area contributed by atoms with E-state index in [2.05, 4.69) is 5.32 Å². The third kappa shape index (κ3) is 4.55. The predicted octanol–water partition coefficient (Wildman–Crippen LogP) is 2.19. The average molecular weight is 401 g/mol. The third-order valence-corrected chi connectivity index (χ3v) is 4.40. The van der Waals surface area contributed by atoms with E-state index in [4.69, 9.17) is 16.3 Å². The monoisotopic (exact) mass is 400 g/mol. The SMILES string of the molecule is O=C(COC(=O)CCN1C(=O)c2ccccc2C1=O)NCc1cccc(Cl)c1. The van der Waals surface area contributed by atoms with Gasteiger partial charge in [-0.05, 0) is 29.8 Å². The van der Waals surface area contributed by atoms with E-state index in [0.29, 0.717) is 16.1 Å². The highest BCUT2D eigenvalue weighted by Gasteiger charge is 2.35. The number of imide groups is 1. The Kier molecular flexibility index (Phi) is 6.06. The van der Waals surface area contributed by atoms with Crippen molar-refractivity contribution in [3.8, 4) is 0 Å². The summed E-state index contributed by atoms with van der Waals surface area (Å²) in [6.07, 6.45) is -0.187. The van der Waals surface area contributed by atoms with Crippen LogP contribution in [0.3, 0.4) is 0 Å². The summed E-state index contributed by atoms with van der Waals surface area (Å²) in [5.41, 5.74) is 1.46. The Bertz CT molecular complexity index is 909. The molecule has 7 nitrogen and oxygen atoms in total. The first-order chi connectivity index (χ1) is 13.5. The average Bonchev–Trinajstić information content (AvgIpc) is 2.94. The Labute approximate surface area is 166 Å². The van der Waals surface area contributed by atoms with Crippen LogP contribution in [-0.4, -0.2) is 41.7 Å². The van der Waals surface area contributed by atoms with Crippen LogP contribution in [0.5, 0.6) is 0 Å². The fourth-order valence-electron chi connectivity index (χ4n) is 2.76. The van der Waals surface area contributed by atoms with Crippen molar-refractivity contribution in [2.75, 3.05) is 13.2 Å². The number of esters is 1. The molecule has 1 aliphatic rings. The Balaban J connectivity index is 1.41. The lowest BCUT2D eigenvalue weighted by Gasteiger charge is -2.13. The first kappa shape index (κ1) is 19.6. The van der Waals surface area contributed by atoms with Gasteiger partial charge in [-0.2, -0.15) is 0 Å². The van der Waals surface area contributed by atoms with Gasteiger partial charge < -0.3 is 10.1 Å². The topological polar surface area (TPSA) is 92.8 Å². The number of carbonyl (C=O) groups is 4. The summed E-state index contributed by atoms with van der Waals surface area (Å²) in [5, 5.41) is 3.17. The summed E-state index contributed by atoms with van der Waals surface area (Å²) in [6.45, 7) is -0.289. The smallest absolute Gasteiger partial charge is 0.308 e. The number of amides is 3. The molecule has 0 spiro atoms. The number of fused-ring (bicyclic) bond motifs is 1. The largest absolute Gasteiger partial charge is 0.456 e. The quantitative estimate of drug-likeness (QED) is 0.568. The highest BCUT2D eigenvalue weighted by Crippen LogP contribution is 2.22. The van der Waals surface area contributed by atoms with Crippen LogP contribution in [0.2, 0.25) is 5.02 Å². The molecule has 0 fully saturated rings. The molecular weight excluding hydrogens is 384 g/mol. The van der Waals surface area contributed by atoms with Crippen LogP contribution in [0.15, 0.2) is 48.5 Å². The van der Waals surface area contributed by atoms with E-state index >= 15 is 0 Å². The lowest BCUT2D eigenvalue weighted by Crippen LogP contribution is -2.33. The molecule has 1 N–H and O–H groups in total. The Morgan fingerprint density at radius 1 is 1.00 bits per heavy atom. The van der Waals surface area contributed by atoms with Crippen LogP contribution in [0.25, 0.3) is 0 Å². The molecule has 3 rings (SSSR count). The van der Waals surface area contributed by atoms with Crippen LogP contribution < -0.4 is 5.32 Å². The van der Waals surface area contributed by atoms with E-state index in [0.717, 1.165) is 10.5 Å². The van der Waals surface area contributed by atoms with Crippen molar-refractivity contribution in [2.24, 2.45) is 0 Å². The second-order valence-corrected chi connectivity index (χ2v) is 6.56. The highest BCUT2D eigenvalue weighted by molar-refractivity contribution is 6.30. The Morgan fingerprint density at radius 3 is 2.32 bits per heavy atom.